The van der Waals surface area contributed by atoms with Gasteiger partial charge in [-0.3, -0.25) is 19.3 Å². The van der Waals surface area contributed by atoms with Crippen molar-refractivity contribution in [3.05, 3.63) is 52.1 Å². The maximum Gasteiger partial charge on any atom is 0.294 e. The molecule has 1 aromatic heterocycles. The quantitative estimate of drug-likeness (QED) is 0.677. The molecule has 0 radical (unpaired) electrons. The number of furan rings is 1. The van der Waals surface area contributed by atoms with E-state index in [1.54, 1.807) is 36.4 Å². The van der Waals surface area contributed by atoms with Crippen LogP contribution < -0.4 is 10.2 Å². The third-order valence-corrected chi connectivity index (χ3v) is 6.11. The summed E-state index contributed by atoms with van der Waals surface area (Å²) >= 11 is 6.82. The molecule has 9 heteroatoms. The van der Waals surface area contributed by atoms with E-state index in [4.69, 9.17) is 16.0 Å². The summed E-state index contributed by atoms with van der Waals surface area (Å²) < 4.78 is 5.84. The van der Waals surface area contributed by atoms with Crippen molar-refractivity contribution in [1.82, 2.24) is 4.90 Å². The van der Waals surface area contributed by atoms with Crippen molar-refractivity contribution in [2.75, 3.05) is 29.9 Å². The molecule has 0 spiro atoms. The molecular weight excluding hydrogens is 426 g/mol. The predicted molar refractivity (Wildman–Crippen MR) is 118 cm³/mol. The van der Waals surface area contributed by atoms with Crippen LogP contribution in [0.15, 0.2) is 45.7 Å². The van der Waals surface area contributed by atoms with Crippen molar-refractivity contribution in [2.45, 2.75) is 19.3 Å². The van der Waals surface area contributed by atoms with Gasteiger partial charge in [0.25, 0.3) is 11.1 Å². The van der Waals surface area contributed by atoms with Crippen LogP contribution in [-0.2, 0) is 9.59 Å². The number of thioether (sulfide) groups is 1. The number of carbonyl (C=O) groups is 3. The summed E-state index contributed by atoms with van der Waals surface area (Å²) in [6.07, 6.45) is 5.03. The topological polar surface area (TPSA) is 82.9 Å². The molecule has 2 saturated heterocycles. The Morgan fingerprint density at radius 1 is 1.13 bits per heavy atom. The minimum atomic E-state index is -0.518. The van der Waals surface area contributed by atoms with Gasteiger partial charge in [0.15, 0.2) is 5.88 Å². The Hall–Kier alpha value is -2.71. The minimum absolute atomic E-state index is 0.227. The van der Waals surface area contributed by atoms with Gasteiger partial charge < -0.3 is 14.6 Å². The van der Waals surface area contributed by atoms with Gasteiger partial charge in [0.1, 0.15) is 12.3 Å². The van der Waals surface area contributed by atoms with Crippen LogP contribution in [0, 0.1) is 0 Å². The summed E-state index contributed by atoms with van der Waals surface area (Å²) in [5, 5.41) is 2.49. The second-order valence-electron chi connectivity index (χ2n) is 7.02. The Balaban J connectivity index is 1.41. The average Bonchev–Trinajstić information content (AvgIpc) is 3.31. The standard InChI is InChI=1S/C21H20ClN3O4S/c22-15-6-2-3-7-16(15)23-18(26)13-25-20(27)17(30-21(25)28)12-14-8-9-19(29-14)24-10-4-1-5-11-24/h2-3,6-9,12H,1,4-5,10-11,13H2,(H,23,26)/b17-12+. The molecule has 2 aliphatic heterocycles. The Labute approximate surface area is 183 Å². The Morgan fingerprint density at radius 2 is 1.90 bits per heavy atom. The molecule has 1 aromatic carbocycles. The molecule has 30 heavy (non-hydrogen) atoms. The molecule has 0 unspecified atom stereocenters. The van der Waals surface area contributed by atoms with Crippen LogP contribution >= 0.6 is 23.4 Å². The molecule has 2 aromatic rings. The molecular formula is C21H20ClN3O4S. The number of benzene rings is 1. The number of hydrogen-bond donors (Lipinski definition) is 1. The molecule has 0 aliphatic carbocycles. The smallest absolute Gasteiger partial charge is 0.294 e. The van der Waals surface area contributed by atoms with Gasteiger partial charge in [-0.2, -0.15) is 0 Å². The van der Waals surface area contributed by atoms with Crippen LogP contribution in [-0.4, -0.2) is 41.6 Å². The molecule has 3 amide bonds. The van der Waals surface area contributed by atoms with E-state index >= 15 is 0 Å². The fourth-order valence-corrected chi connectivity index (χ4v) is 4.37. The third-order valence-electron chi connectivity index (χ3n) is 4.88. The van der Waals surface area contributed by atoms with Gasteiger partial charge >= 0.3 is 0 Å². The van der Waals surface area contributed by atoms with Crippen LogP contribution in [0.25, 0.3) is 6.08 Å². The first-order valence-corrected chi connectivity index (χ1v) is 10.9. The summed E-state index contributed by atoms with van der Waals surface area (Å²) in [5.74, 6) is 0.244. The van der Waals surface area contributed by atoms with E-state index in [9.17, 15) is 14.4 Å². The zero-order valence-corrected chi connectivity index (χ0v) is 17.7. The van der Waals surface area contributed by atoms with E-state index < -0.39 is 17.1 Å². The monoisotopic (exact) mass is 445 g/mol. The highest BCUT2D eigenvalue weighted by molar-refractivity contribution is 8.18. The molecule has 0 atom stereocenters. The number of carbonyl (C=O) groups excluding carboxylic acids is 3. The van der Waals surface area contributed by atoms with E-state index in [0.29, 0.717) is 16.5 Å². The third kappa shape index (κ3) is 4.55. The van der Waals surface area contributed by atoms with Crippen LogP contribution in [0.2, 0.25) is 5.02 Å². The highest BCUT2D eigenvalue weighted by atomic mass is 35.5. The minimum Gasteiger partial charge on any atom is -0.441 e. The van der Waals surface area contributed by atoms with Crippen LogP contribution in [0.1, 0.15) is 25.0 Å². The predicted octanol–water partition coefficient (Wildman–Crippen LogP) is 4.60. The second kappa shape index (κ2) is 8.97. The zero-order valence-electron chi connectivity index (χ0n) is 16.1. The highest BCUT2D eigenvalue weighted by Crippen LogP contribution is 2.33. The van der Waals surface area contributed by atoms with Gasteiger partial charge in [-0.25, -0.2) is 0 Å². The van der Waals surface area contributed by atoms with E-state index in [1.165, 1.54) is 6.42 Å². The van der Waals surface area contributed by atoms with Crippen LogP contribution in [0.5, 0.6) is 0 Å². The van der Waals surface area contributed by atoms with Gasteiger partial charge in [0.05, 0.1) is 15.6 Å². The molecule has 3 heterocycles. The zero-order chi connectivity index (χ0) is 21.1. The molecule has 0 bridgehead atoms. The van der Waals surface area contributed by atoms with Gasteiger partial charge in [-0.05, 0) is 49.2 Å². The Morgan fingerprint density at radius 3 is 2.67 bits per heavy atom. The number of hydrogen-bond acceptors (Lipinski definition) is 6. The molecule has 156 valence electrons. The number of piperidine rings is 1. The summed E-state index contributed by atoms with van der Waals surface area (Å²) in [5.41, 5.74) is 0.424. The van der Waals surface area contributed by atoms with Crippen molar-refractivity contribution < 1.29 is 18.8 Å². The molecule has 1 N–H and O–H groups in total. The van der Waals surface area contributed by atoms with Crippen LogP contribution in [0.3, 0.4) is 0 Å². The number of para-hydroxylation sites is 1. The Bertz CT molecular complexity index is 1010. The first kappa shape index (κ1) is 20.6. The highest BCUT2D eigenvalue weighted by Gasteiger charge is 2.36. The lowest BCUT2D eigenvalue weighted by Gasteiger charge is -2.25. The Kier molecular flexibility index (Phi) is 6.15. The van der Waals surface area contributed by atoms with Crippen molar-refractivity contribution in [2.24, 2.45) is 0 Å². The van der Waals surface area contributed by atoms with Crippen molar-refractivity contribution in [3.63, 3.8) is 0 Å². The van der Waals surface area contributed by atoms with E-state index in [-0.39, 0.29) is 11.4 Å². The first-order chi connectivity index (χ1) is 14.5. The maximum atomic E-state index is 12.6. The SMILES string of the molecule is O=C(CN1C(=O)S/C(=C/c2ccc(N3CCCCC3)o2)C1=O)Nc1ccccc1Cl. The molecule has 0 saturated carbocycles. The van der Waals surface area contributed by atoms with Crippen molar-refractivity contribution in [1.29, 1.82) is 0 Å². The molecule has 2 aliphatic rings. The van der Waals surface area contributed by atoms with Gasteiger partial charge in [-0.1, -0.05) is 23.7 Å². The van der Waals surface area contributed by atoms with E-state index in [2.05, 4.69) is 10.2 Å². The number of rotatable bonds is 5. The van der Waals surface area contributed by atoms with E-state index in [0.717, 1.165) is 48.5 Å². The molecule has 4 rings (SSSR count). The summed E-state index contributed by atoms with van der Waals surface area (Å²) in [4.78, 5) is 40.5. The first-order valence-electron chi connectivity index (χ1n) is 9.66. The number of anilines is 2. The summed E-state index contributed by atoms with van der Waals surface area (Å²) in [6.45, 7) is 1.51. The van der Waals surface area contributed by atoms with E-state index in [1.807, 2.05) is 6.07 Å². The van der Waals surface area contributed by atoms with Crippen LogP contribution in [0.4, 0.5) is 16.4 Å². The number of halogens is 1. The lowest BCUT2D eigenvalue weighted by Crippen LogP contribution is -2.36. The van der Waals surface area contributed by atoms with Gasteiger partial charge in [0.2, 0.25) is 5.91 Å². The second-order valence-corrected chi connectivity index (χ2v) is 8.42. The fraction of sp³-hybridized carbons (Fsp3) is 0.286. The summed E-state index contributed by atoms with van der Waals surface area (Å²) in [7, 11) is 0. The normalized spacial score (nSPS) is 18.4. The molecule has 2 fully saturated rings. The lowest BCUT2D eigenvalue weighted by molar-refractivity contribution is -0.127. The number of nitrogens with one attached hydrogen (secondary N) is 1. The number of imide groups is 1. The average molecular weight is 446 g/mol. The summed E-state index contributed by atoms with van der Waals surface area (Å²) in [6, 6.07) is 10.4. The number of nitrogens with zero attached hydrogens (tertiary/aromatic N) is 2. The number of amides is 3. The fourth-order valence-electron chi connectivity index (χ4n) is 3.37. The largest absolute Gasteiger partial charge is 0.441 e. The maximum absolute atomic E-state index is 12.6. The van der Waals surface area contributed by atoms with Gasteiger partial charge in [-0.15, -0.1) is 0 Å². The molecule has 7 nitrogen and oxygen atoms in total. The van der Waals surface area contributed by atoms with Crippen molar-refractivity contribution >= 4 is 58.1 Å². The lowest BCUT2D eigenvalue weighted by atomic mass is 10.1. The van der Waals surface area contributed by atoms with Gasteiger partial charge in [0, 0.05) is 25.2 Å². The van der Waals surface area contributed by atoms with Crippen molar-refractivity contribution in [3.8, 4) is 0 Å².